The highest BCUT2D eigenvalue weighted by atomic mass is 16.1. The first-order valence-corrected chi connectivity index (χ1v) is 10.8. The van der Waals surface area contributed by atoms with Gasteiger partial charge in [-0.2, -0.15) is 0 Å². The maximum atomic E-state index is 13.3. The summed E-state index contributed by atoms with van der Waals surface area (Å²) in [4.78, 5) is 31.0. The van der Waals surface area contributed by atoms with Crippen LogP contribution in [0.3, 0.4) is 0 Å². The first-order chi connectivity index (χ1) is 14.7. The van der Waals surface area contributed by atoms with E-state index in [1.165, 1.54) is 12.8 Å². The SMILES string of the molecule is O=c1c2cc3c(=O)n(C4CCCCCC4)ccc3nc2ccn1Cc1ccccc1. The second-order valence-corrected chi connectivity index (χ2v) is 8.26. The van der Waals surface area contributed by atoms with Crippen molar-refractivity contribution >= 4 is 21.8 Å². The van der Waals surface area contributed by atoms with Gasteiger partial charge in [0, 0.05) is 18.4 Å². The lowest BCUT2D eigenvalue weighted by Gasteiger charge is -2.18. The van der Waals surface area contributed by atoms with Gasteiger partial charge >= 0.3 is 0 Å². The van der Waals surface area contributed by atoms with Crippen molar-refractivity contribution in [2.75, 3.05) is 0 Å². The van der Waals surface area contributed by atoms with Crippen molar-refractivity contribution in [2.45, 2.75) is 51.1 Å². The number of hydrogen-bond donors (Lipinski definition) is 0. The Balaban J connectivity index is 1.62. The van der Waals surface area contributed by atoms with Gasteiger partial charge in [-0.15, -0.1) is 0 Å². The van der Waals surface area contributed by atoms with Crippen LogP contribution in [-0.4, -0.2) is 14.1 Å². The van der Waals surface area contributed by atoms with Crippen LogP contribution in [-0.2, 0) is 6.54 Å². The summed E-state index contributed by atoms with van der Waals surface area (Å²) in [6.45, 7) is 0.495. The summed E-state index contributed by atoms with van der Waals surface area (Å²) < 4.78 is 3.55. The third-order valence-electron chi connectivity index (χ3n) is 6.26. The lowest BCUT2D eigenvalue weighted by atomic mass is 10.1. The Kier molecular flexibility index (Phi) is 4.95. The van der Waals surface area contributed by atoms with Gasteiger partial charge in [-0.1, -0.05) is 56.0 Å². The largest absolute Gasteiger partial charge is 0.312 e. The summed E-state index contributed by atoms with van der Waals surface area (Å²) in [5.41, 5.74) is 2.19. The van der Waals surface area contributed by atoms with Gasteiger partial charge in [0.15, 0.2) is 0 Å². The minimum Gasteiger partial charge on any atom is -0.312 e. The third-order valence-corrected chi connectivity index (χ3v) is 6.26. The van der Waals surface area contributed by atoms with Crippen LogP contribution in [0.5, 0.6) is 0 Å². The fourth-order valence-corrected chi connectivity index (χ4v) is 4.61. The number of aromatic nitrogens is 3. The zero-order chi connectivity index (χ0) is 20.5. The van der Waals surface area contributed by atoms with Crippen LogP contribution < -0.4 is 11.1 Å². The van der Waals surface area contributed by atoms with Gasteiger partial charge in [0.25, 0.3) is 11.1 Å². The Bertz CT molecular complexity index is 1310. The van der Waals surface area contributed by atoms with Gasteiger partial charge in [-0.05, 0) is 36.6 Å². The molecule has 1 aromatic carbocycles. The maximum Gasteiger partial charge on any atom is 0.260 e. The standard InChI is InChI=1S/C25H25N3O2/c29-24-20-16-21-23(13-15-28(25(21)30)19-10-6-1-2-7-11-19)26-22(20)12-14-27(24)17-18-8-4-3-5-9-18/h3-5,8-9,12-16,19H,1-2,6-7,10-11,17H2. The van der Waals surface area contributed by atoms with Crippen LogP contribution >= 0.6 is 0 Å². The van der Waals surface area contributed by atoms with Crippen molar-refractivity contribution in [2.24, 2.45) is 0 Å². The molecule has 1 aliphatic carbocycles. The second kappa shape index (κ2) is 7.90. The molecule has 0 saturated heterocycles. The first kappa shape index (κ1) is 18.8. The monoisotopic (exact) mass is 399 g/mol. The van der Waals surface area contributed by atoms with Crippen LogP contribution in [0.4, 0.5) is 0 Å². The fourth-order valence-electron chi connectivity index (χ4n) is 4.61. The highest BCUT2D eigenvalue weighted by Crippen LogP contribution is 2.26. The Hall–Kier alpha value is -3.21. The fraction of sp³-hybridized carbons (Fsp3) is 0.320. The van der Waals surface area contributed by atoms with E-state index in [2.05, 4.69) is 4.98 Å². The summed E-state index contributed by atoms with van der Waals surface area (Å²) in [5.74, 6) is 0. The van der Waals surface area contributed by atoms with Gasteiger partial charge < -0.3 is 9.13 Å². The van der Waals surface area contributed by atoms with Crippen LogP contribution in [0.1, 0.15) is 50.1 Å². The number of fused-ring (bicyclic) bond motifs is 2. The molecule has 152 valence electrons. The Labute approximate surface area is 174 Å². The number of pyridine rings is 3. The van der Waals surface area contributed by atoms with E-state index in [1.807, 2.05) is 53.2 Å². The van der Waals surface area contributed by atoms with Crippen LogP contribution in [0.15, 0.2) is 70.5 Å². The molecule has 30 heavy (non-hydrogen) atoms. The zero-order valence-electron chi connectivity index (χ0n) is 17.0. The van der Waals surface area contributed by atoms with Crippen LogP contribution in [0, 0.1) is 0 Å². The minimum absolute atomic E-state index is 0.0355. The van der Waals surface area contributed by atoms with E-state index in [0.29, 0.717) is 28.4 Å². The minimum atomic E-state index is -0.116. The highest BCUT2D eigenvalue weighted by molar-refractivity contribution is 5.91. The normalized spacial score (nSPS) is 15.5. The Morgan fingerprint density at radius 2 is 1.47 bits per heavy atom. The van der Waals surface area contributed by atoms with Gasteiger partial charge in [0.05, 0.1) is 28.4 Å². The highest BCUT2D eigenvalue weighted by Gasteiger charge is 2.17. The van der Waals surface area contributed by atoms with E-state index < -0.39 is 0 Å². The molecular weight excluding hydrogens is 374 g/mol. The topological polar surface area (TPSA) is 56.9 Å². The molecule has 1 saturated carbocycles. The predicted molar refractivity (Wildman–Crippen MR) is 120 cm³/mol. The molecule has 3 aromatic heterocycles. The van der Waals surface area contributed by atoms with Crippen molar-refractivity contribution < 1.29 is 0 Å². The smallest absolute Gasteiger partial charge is 0.260 e. The predicted octanol–water partition coefficient (Wildman–Crippen LogP) is 4.66. The molecule has 3 heterocycles. The average Bonchev–Trinajstić information content (AvgIpc) is 3.06. The van der Waals surface area contributed by atoms with E-state index in [-0.39, 0.29) is 17.2 Å². The molecular formula is C25H25N3O2. The average molecular weight is 399 g/mol. The molecule has 1 aliphatic rings. The summed E-state index contributed by atoms with van der Waals surface area (Å²) in [6, 6.07) is 15.6. The van der Waals surface area contributed by atoms with E-state index in [9.17, 15) is 9.59 Å². The number of benzene rings is 1. The van der Waals surface area contributed by atoms with E-state index in [0.717, 1.165) is 31.2 Å². The number of rotatable bonds is 3. The van der Waals surface area contributed by atoms with Crippen LogP contribution in [0.2, 0.25) is 0 Å². The zero-order valence-corrected chi connectivity index (χ0v) is 17.0. The molecule has 5 heteroatoms. The molecule has 0 atom stereocenters. The van der Waals surface area contributed by atoms with Gasteiger partial charge in [0.2, 0.25) is 0 Å². The molecule has 1 fully saturated rings. The summed E-state index contributed by atoms with van der Waals surface area (Å²) in [6.07, 6.45) is 10.6. The van der Waals surface area contributed by atoms with E-state index in [4.69, 9.17) is 0 Å². The van der Waals surface area contributed by atoms with Crippen LogP contribution in [0.25, 0.3) is 21.8 Å². The quantitative estimate of drug-likeness (QED) is 0.372. The molecule has 0 unspecified atom stereocenters. The number of hydrogen-bond acceptors (Lipinski definition) is 3. The third kappa shape index (κ3) is 3.45. The van der Waals surface area contributed by atoms with Gasteiger partial charge in [0.1, 0.15) is 0 Å². The molecule has 0 N–H and O–H groups in total. The molecule has 5 rings (SSSR count). The van der Waals surface area contributed by atoms with Crippen molar-refractivity contribution in [3.05, 3.63) is 87.2 Å². The molecule has 0 amide bonds. The van der Waals surface area contributed by atoms with Crippen molar-refractivity contribution in [3.8, 4) is 0 Å². The lowest BCUT2D eigenvalue weighted by Crippen LogP contribution is -2.25. The maximum absolute atomic E-state index is 13.3. The molecule has 0 bridgehead atoms. The van der Waals surface area contributed by atoms with E-state index >= 15 is 0 Å². The molecule has 0 aliphatic heterocycles. The van der Waals surface area contributed by atoms with Crippen molar-refractivity contribution in [3.63, 3.8) is 0 Å². The molecule has 4 aromatic rings. The Morgan fingerprint density at radius 3 is 2.20 bits per heavy atom. The second-order valence-electron chi connectivity index (χ2n) is 8.26. The molecule has 5 nitrogen and oxygen atoms in total. The van der Waals surface area contributed by atoms with Gasteiger partial charge in [-0.25, -0.2) is 4.98 Å². The molecule has 0 radical (unpaired) electrons. The van der Waals surface area contributed by atoms with Crippen molar-refractivity contribution in [1.29, 1.82) is 0 Å². The van der Waals surface area contributed by atoms with Crippen molar-refractivity contribution in [1.82, 2.24) is 14.1 Å². The molecule has 0 spiro atoms. The summed E-state index contributed by atoms with van der Waals surface area (Å²) in [7, 11) is 0. The lowest BCUT2D eigenvalue weighted by molar-refractivity contribution is 0.434. The summed E-state index contributed by atoms with van der Waals surface area (Å²) >= 11 is 0. The van der Waals surface area contributed by atoms with Gasteiger partial charge in [-0.3, -0.25) is 9.59 Å². The first-order valence-electron chi connectivity index (χ1n) is 10.8. The Morgan fingerprint density at radius 1 is 0.800 bits per heavy atom. The number of nitrogens with zero attached hydrogens (tertiary/aromatic N) is 3. The summed E-state index contributed by atoms with van der Waals surface area (Å²) in [5, 5.41) is 1.03. The van der Waals surface area contributed by atoms with E-state index in [1.54, 1.807) is 16.8 Å².